The van der Waals surface area contributed by atoms with Gasteiger partial charge in [-0.25, -0.2) is 0 Å². The van der Waals surface area contributed by atoms with Crippen molar-refractivity contribution < 1.29 is 22.5 Å². The second-order valence-corrected chi connectivity index (χ2v) is 6.25. The van der Waals surface area contributed by atoms with Crippen LogP contribution in [0.4, 0.5) is 0 Å². The van der Waals surface area contributed by atoms with Crippen molar-refractivity contribution in [2.24, 2.45) is 11.7 Å². The smallest absolute Gasteiger partial charge is 0.314 e. The molecule has 0 unspecified atom stereocenters. The van der Waals surface area contributed by atoms with E-state index in [0.717, 1.165) is 18.4 Å². The minimum atomic E-state index is -3.67. The normalized spacial score (nSPS) is 14.1. The predicted octanol–water partition coefficient (Wildman–Crippen LogP) is 1.46. The van der Waals surface area contributed by atoms with Gasteiger partial charge >= 0.3 is 5.97 Å². The second-order valence-electron chi connectivity index (χ2n) is 4.79. The molecule has 0 heterocycles. The van der Waals surface area contributed by atoms with Gasteiger partial charge in [-0.15, -0.1) is 0 Å². The van der Waals surface area contributed by atoms with Crippen LogP contribution in [0.5, 0.6) is 5.75 Å². The summed E-state index contributed by atoms with van der Waals surface area (Å²) in [6, 6.07) is 7.10. The highest BCUT2D eigenvalue weighted by Gasteiger charge is 2.31. The van der Waals surface area contributed by atoms with Crippen molar-refractivity contribution in [1.29, 1.82) is 5.41 Å². The van der Waals surface area contributed by atoms with Gasteiger partial charge in [0.05, 0.1) is 12.2 Å². The first kappa shape index (κ1) is 17.9. The number of hydrogen-bond donors (Lipinski definition) is 3. The van der Waals surface area contributed by atoms with Gasteiger partial charge in [-0.1, -0.05) is 18.2 Å². The average molecular weight is 326 g/mol. The molecule has 4 N–H and O–H groups in total. The largest absolute Gasteiger partial charge is 0.426 e. The number of nitrogens with one attached hydrogen (secondary N) is 1. The Morgan fingerprint density at radius 2 is 1.86 bits per heavy atom. The van der Waals surface area contributed by atoms with Crippen LogP contribution in [0.15, 0.2) is 30.3 Å². The molecule has 0 atom stereocenters. The van der Waals surface area contributed by atoms with Gasteiger partial charge in [-0.2, -0.15) is 8.42 Å². The van der Waals surface area contributed by atoms with Crippen LogP contribution in [0.1, 0.15) is 18.4 Å². The summed E-state index contributed by atoms with van der Waals surface area (Å²) in [4.78, 5) is 11.4. The fourth-order valence-electron chi connectivity index (χ4n) is 1.35. The van der Waals surface area contributed by atoms with Gasteiger partial charge in [-0.3, -0.25) is 14.8 Å². The first-order valence-electron chi connectivity index (χ1n) is 6.41. The minimum absolute atomic E-state index is 0.00855. The number of amidine groups is 1. The van der Waals surface area contributed by atoms with E-state index in [2.05, 4.69) is 0 Å². The summed E-state index contributed by atoms with van der Waals surface area (Å²) in [5.41, 5.74) is 6.11. The Hall–Kier alpha value is -2.19. The number of hydrogen-bond acceptors (Lipinski definition) is 5. The number of rotatable bonds is 4. The zero-order valence-electron chi connectivity index (χ0n) is 12.0. The fourth-order valence-corrected chi connectivity index (χ4v) is 1.35. The van der Waals surface area contributed by atoms with E-state index in [1.165, 1.54) is 6.08 Å². The lowest BCUT2D eigenvalue weighted by molar-refractivity contribution is -0.135. The lowest BCUT2D eigenvalue weighted by atomic mass is 10.2. The molecule has 8 heteroatoms. The van der Waals surface area contributed by atoms with Crippen LogP contribution in [0, 0.1) is 11.3 Å². The lowest BCUT2D eigenvalue weighted by Crippen LogP contribution is -2.09. The highest BCUT2D eigenvalue weighted by atomic mass is 32.2. The number of esters is 1. The molecular formula is C14H18N2O5S. The third-order valence-electron chi connectivity index (χ3n) is 2.46. The standard InChI is InChI=1S/C13H14N2O2.CH4O3S/c14-12(15)8-3-9-1-6-11(7-2-9)17-13(16)10-4-5-10;1-5(2,3)4/h1-3,6-8,10H,4-5H2,(H3,14,15);1H3,(H,2,3,4). The minimum Gasteiger partial charge on any atom is -0.426 e. The van der Waals surface area contributed by atoms with Crippen LogP contribution in [0.3, 0.4) is 0 Å². The molecule has 1 aliphatic carbocycles. The van der Waals surface area contributed by atoms with E-state index in [4.69, 9.17) is 20.4 Å². The molecule has 1 fully saturated rings. The molecule has 0 aliphatic heterocycles. The quantitative estimate of drug-likeness (QED) is 0.252. The van der Waals surface area contributed by atoms with Crippen LogP contribution >= 0.6 is 0 Å². The zero-order chi connectivity index (χ0) is 16.8. The van der Waals surface area contributed by atoms with E-state index in [1.807, 2.05) is 12.1 Å². The highest BCUT2D eigenvalue weighted by Crippen LogP contribution is 2.30. The van der Waals surface area contributed by atoms with Crippen molar-refractivity contribution in [3.8, 4) is 5.75 Å². The molecule has 120 valence electrons. The van der Waals surface area contributed by atoms with Crippen molar-refractivity contribution in [3.63, 3.8) is 0 Å². The summed E-state index contributed by atoms with van der Waals surface area (Å²) in [6.45, 7) is 0. The summed E-state index contributed by atoms with van der Waals surface area (Å²) in [5.74, 6) is 0.528. The summed E-state index contributed by atoms with van der Waals surface area (Å²) >= 11 is 0. The lowest BCUT2D eigenvalue weighted by Gasteiger charge is -2.03. The Bertz CT molecular complexity index is 653. The first-order chi connectivity index (χ1) is 10.1. The van der Waals surface area contributed by atoms with Crippen LogP contribution in [-0.4, -0.2) is 31.0 Å². The number of carbonyl (C=O) groups excluding carboxylic acids is 1. The maximum atomic E-state index is 11.4. The SMILES string of the molecule is CS(=O)(=O)O.N=C(N)C=Cc1ccc(OC(=O)C2CC2)cc1. The molecule has 22 heavy (non-hydrogen) atoms. The molecule has 1 aliphatic rings. The maximum absolute atomic E-state index is 11.4. The molecule has 1 aromatic rings. The Balaban J connectivity index is 0.000000422. The molecule has 7 nitrogen and oxygen atoms in total. The van der Waals surface area contributed by atoms with Crippen LogP contribution in [0.2, 0.25) is 0 Å². The van der Waals surface area contributed by atoms with Crippen molar-refractivity contribution >= 4 is 28.0 Å². The molecular weight excluding hydrogens is 308 g/mol. The van der Waals surface area contributed by atoms with Gasteiger partial charge in [0.25, 0.3) is 10.1 Å². The number of carbonyl (C=O) groups is 1. The van der Waals surface area contributed by atoms with Gasteiger partial charge < -0.3 is 10.5 Å². The Kier molecular flexibility index (Phi) is 6.26. The third-order valence-corrected chi connectivity index (χ3v) is 2.46. The average Bonchev–Trinajstić information content (AvgIpc) is 3.20. The van der Waals surface area contributed by atoms with Crippen LogP contribution in [0.25, 0.3) is 6.08 Å². The number of benzene rings is 1. The molecule has 0 aromatic heterocycles. The summed E-state index contributed by atoms with van der Waals surface area (Å²) in [7, 11) is -3.67. The summed E-state index contributed by atoms with van der Waals surface area (Å²) in [5, 5.41) is 7.05. The third kappa shape index (κ3) is 8.88. The van der Waals surface area contributed by atoms with Gasteiger partial charge in [0.1, 0.15) is 11.6 Å². The number of ether oxygens (including phenoxy) is 1. The molecule has 0 saturated heterocycles. The molecule has 1 saturated carbocycles. The maximum Gasteiger partial charge on any atom is 0.314 e. The van der Waals surface area contributed by atoms with Crippen molar-refractivity contribution in [2.75, 3.05) is 6.26 Å². The Labute approximate surface area is 129 Å². The summed E-state index contributed by atoms with van der Waals surface area (Å²) in [6.07, 6.45) is 5.84. The molecule has 0 spiro atoms. The predicted molar refractivity (Wildman–Crippen MR) is 83.2 cm³/mol. The van der Waals surface area contributed by atoms with E-state index in [1.54, 1.807) is 18.2 Å². The Morgan fingerprint density at radius 3 is 2.27 bits per heavy atom. The first-order valence-corrected chi connectivity index (χ1v) is 8.26. The number of nitrogens with two attached hydrogens (primary N) is 1. The van der Waals surface area contributed by atoms with Crippen LogP contribution < -0.4 is 10.5 Å². The second kappa shape index (κ2) is 7.71. The molecule has 0 radical (unpaired) electrons. The Morgan fingerprint density at radius 1 is 1.36 bits per heavy atom. The van der Waals surface area contributed by atoms with E-state index in [-0.39, 0.29) is 17.7 Å². The van der Waals surface area contributed by atoms with Crippen molar-refractivity contribution in [3.05, 3.63) is 35.9 Å². The van der Waals surface area contributed by atoms with Crippen molar-refractivity contribution in [1.82, 2.24) is 0 Å². The topological polar surface area (TPSA) is 131 Å². The van der Waals surface area contributed by atoms with E-state index >= 15 is 0 Å². The van der Waals surface area contributed by atoms with E-state index in [0.29, 0.717) is 12.0 Å². The monoisotopic (exact) mass is 326 g/mol. The van der Waals surface area contributed by atoms with Gasteiger partial charge in [0.2, 0.25) is 0 Å². The van der Waals surface area contributed by atoms with Gasteiger partial charge in [-0.05, 0) is 36.6 Å². The zero-order valence-corrected chi connectivity index (χ0v) is 12.8. The molecule has 0 bridgehead atoms. The fraction of sp³-hybridized carbons (Fsp3) is 0.286. The molecule has 1 aromatic carbocycles. The van der Waals surface area contributed by atoms with E-state index < -0.39 is 10.1 Å². The molecule has 0 amide bonds. The summed E-state index contributed by atoms with van der Waals surface area (Å²) < 4.78 is 31.1. The van der Waals surface area contributed by atoms with Crippen molar-refractivity contribution in [2.45, 2.75) is 12.8 Å². The van der Waals surface area contributed by atoms with Crippen LogP contribution in [-0.2, 0) is 14.9 Å². The van der Waals surface area contributed by atoms with E-state index in [9.17, 15) is 13.2 Å². The van der Waals surface area contributed by atoms with Gasteiger partial charge in [0, 0.05) is 0 Å². The molecule has 2 rings (SSSR count). The highest BCUT2D eigenvalue weighted by molar-refractivity contribution is 7.85. The van der Waals surface area contributed by atoms with Gasteiger partial charge in [0.15, 0.2) is 0 Å².